The number of carbonyl (C=O) groups excluding carboxylic acids is 3. The Labute approximate surface area is 492 Å². The van der Waals surface area contributed by atoms with Crippen molar-refractivity contribution < 1.29 is 28.6 Å². The van der Waals surface area contributed by atoms with E-state index < -0.39 is 6.10 Å². The third-order valence-corrected chi connectivity index (χ3v) is 15.8. The summed E-state index contributed by atoms with van der Waals surface area (Å²) in [7, 11) is 0. The average Bonchev–Trinajstić information content (AvgIpc) is 3.45. The minimum Gasteiger partial charge on any atom is -0.462 e. The molecule has 0 aliphatic heterocycles. The molecule has 0 saturated heterocycles. The van der Waals surface area contributed by atoms with Gasteiger partial charge >= 0.3 is 17.9 Å². The molecule has 0 amide bonds. The molecular weight excluding hydrogens is 973 g/mol. The Bertz CT molecular complexity index is 1360. The predicted octanol–water partition coefficient (Wildman–Crippen LogP) is 24.1. The lowest BCUT2D eigenvalue weighted by Gasteiger charge is -2.18. The molecule has 0 saturated carbocycles. The predicted molar refractivity (Wildman–Crippen MR) is 344 cm³/mol. The molecule has 0 aliphatic rings. The summed E-state index contributed by atoms with van der Waals surface area (Å²) < 4.78 is 17.0. The van der Waals surface area contributed by atoms with Crippen molar-refractivity contribution in [3.63, 3.8) is 0 Å². The first kappa shape index (κ1) is 76.4. The SMILES string of the molecule is CCCCC/C=C\C/C=C\C/C=C\CCCCCCCCC(=O)OC(COC(=O)CCCCCCC/C=C\CCCCCC)COC(=O)CCCCCCCCCCCCCCCCCCCCCCCCCCCCCCC. The fourth-order valence-corrected chi connectivity index (χ4v) is 10.5. The van der Waals surface area contributed by atoms with Crippen molar-refractivity contribution in [1.29, 1.82) is 0 Å². The topological polar surface area (TPSA) is 78.9 Å². The molecule has 6 nitrogen and oxygen atoms in total. The number of carbonyl (C=O) groups is 3. The standard InChI is InChI=1S/C73H134O6/c1-4-7-10-13-16-19-22-25-27-29-31-32-33-34-35-36-37-38-39-40-42-43-45-48-51-54-57-60-63-66-72(75)78-69-70(68-77-71(74)65-62-59-56-53-50-47-24-21-18-15-12-9-6-3)79-73(76)67-64-61-58-55-52-49-46-44-41-30-28-26-23-20-17-14-11-8-5-2/h17,20-21,24,26,28,41,44,70H,4-16,18-19,22-23,25,27,29-40,42-43,45-69H2,1-3H3/b20-17-,24-21-,28-26-,44-41-. The molecule has 0 radical (unpaired) electrons. The summed E-state index contributed by atoms with van der Waals surface area (Å²) in [5, 5.41) is 0. The Morgan fingerprint density at radius 2 is 0.456 bits per heavy atom. The zero-order chi connectivity index (χ0) is 57.1. The zero-order valence-electron chi connectivity index (χ0n) is 53.2. The van der Waals surface area contributed by atoms with Crippen molar-refractivity contribution in [2.75, 3.05) is 13.2 Å². The minimum absolute atomic E-state index is 0.0775. The molecule has 0 heterocycles. The monoisotopic (exact) mass is 1110 g/mol. The second-order valence-corrected chi connectivity index (χ2v) is 23.8. The van der Waals surface area contributed by atoms with Crippen molar-refractivity contribution in [3.05, 3.63) is 48.6 Å². The van der Waals surface area contributed by atoms with Crippen LogP contribution in [0.5, 0.6) is 0 Å². The maximum Gasteiger partial charge on any atom is 0.306 e. The summed E-state index contributed by atoms with van der Waals surface area (Å²) in [5.74, 6) is -0.877. The molecule has 1 unspecified atom stereocenters. The Morgan fingerprint density at radius 1 is 0.253 bits per heavy atom. The van der Waals surface area contributed by atoms with Gasteiger partial charge in [-0.2, -0.15) is 0 Å². The average molecular weight is 1110 g/mol. The molecular formula is C73H134O6. The summed E-state index contributed by atoms with van der Waals surface area (Å²) in [6.45, 7) is 6.64. The second-order valence-electron chi connectivity index (χ2n) is 23.8. The van der Waals surface area contributed by atoms with E-state index in [1.807, 2.05) is 0 Å². The number of esters is 3. The lowest BCUT2D eigenvalue weighted by Crippen LogP contribution is -2.30. The summed E-state index contributed by atoms with van der Waals surface area (Å²) in [4.78, 5) is 38.4. The van der Waals surface area contributed by atoms with Crippen LogP contribution in [0.25, 0.3) is 0 Å². The first-order valence-electron chi connectivity index (χ1n) is 35.1. The van der Waals surface area contributed by atoms with Gasteiger partial charge in [-0.25, -0.2) is 0 Å². The zero-order valence-corrected chi connectivity index (χ0v) is 53.2. The van der Waals surface area contributed by atoms with Crippen LogP contribution in [0.15, 0.2) is 48.6 Å². The van der Waals surface area contributed by atoms with Crippen molar-refractivity contribution >= 4 is 17.9 Å². The molecule has 0 rings (SSSR count). The van der Waals surface area contributed by atoms with E-state index in [-0.39, 0.29) is 31.1 Å². The fourth-order valence-electron chi connectivity index (χ4n) is 10.5. The van der Waals surface area contributed by atoms with E-state index in [9.17, 15) is 14.4 Å². The first-order valence-corrected chi connectivity index (χ1v) is 35.1. The number of unbranched alkanes of at least 4 members (excludes halogenated alkanes) is 46. The molecule has 0 N–H and O–H groups in total. The molecule has 0 aromatic heterocycles. The highest BCUT2D eigenvalue weighted by Gasteiger charge is 2.19. The van der Waals surface area contributed by atoms with Crippen LogP contribution >= 0.6 is 0 Å². The van der Waals surface area contributed by atoms with Crippen molar-refractivity contribution in [2.24, 2.45) is 0 Å². The van der Waals surface area contributed by atoms with Gasteiger partial charge in [0.2, 0.25) is 0 Å². The highest BCUT2D eigenvalue weighted by molar-refractivity contribution is 5.71. The molecule has 0 spiro atoms. The van der Waals surface area contributed by atoms with Gasteiger partial charge in [-0.3, -0.25) is 14.4 Å². The van der Waals surface area contributed by atoms with E-state index in [0.29, 0.717) is 19.3 Å². The Balaban J connectivity index is 4.20. The summed E-state index contributed by atoms with van der Waals surface area (Å²) in [6, 6.07) is 0. The smallest absolute Gasteiger partial charge is 0.306 e. The van der Waals surface area contributed by atoms with E-state index in [4.69, 9.17) is 14.2 Å². The van der Waals surface area contributed by atoms with Gasteiger partial charge in [0.15, 0.2) is 6.10 Å². The van der Waals surface area contributed by atoms with Gasteiger partial charge in [0.25, 0.3) is 0 Å². The minimum atomic E-state index is -0.783. The molecule has 0 aromatic rings. The van der Waals surface area contributed by atoms with Crippen LogP contribution in [0.4, 0.5) is 0 Å². The number of rotatable bonds is 65. The molecule has 0 fully saturated rings. The molecule has 0 bridgehead atoms. The van der Waals surface area contributed by atoms with Gasteiger partial charge in [0.1, 0.15) is 13.2 Å². The van der Waals surface area contributed by atoms with Gasteiger partial charge in [-0.1, -0.05) is 326 Å². The van der Waals surface area contributed by atoms with E-state index >= 15 is 0 Å². The van der Waals surface area contributed by atoms with Crippen LogP contribution in [0.2, 0.25) is 0 Å². The highest BCUT2D eigenvalue weighted by atomic mass is 16.6. The number of allylic oxidation sites excluding steroid dienone is 8. The molecule has 6 heteroatoms. The van der Waals surface area contributed by atoms with Crippen LogP contribution in [0.1, 0.15) is 380 Å². The number of ether oxygens (including phenoxy) is 3. The number of hydrogen-bond acceptors (Lipinski definition) is 6. The molecule has 1 atom stereocenters. The van der Waals surface area contributed by atoms with Crippen LogP contribution in [0, 0.1) is 0 Å². The molecule has 462 valence electrons. The first-order chi connectivity index (χ1) is 39.0. The summed E-state index contributed by atoms with van der Waals surface area (Å²) in [6.07, 6.45) is 85.8. The quantitative estimate of drug-likeness (QED) is 0.0261. The van der Waals surface area contributed by atoms with E-state index in [2.05, 4.69) is 69.4 Å². The fraction of sp³-hybridized carbons (Fsp3) is 0.849. The largest absolute Gasteiger partial charge is 0.462 e. The van der Waals surface area contributed by atoms with Crippen LogP contribution in [-0.4, -0.2) is 37.2 Å². The molecule has 79 heavy (non-hydrogen) atoms. The van der Waals surface area contributed by atoms with E-state index in [1.54, 1.807) is 0 Å². The second kappa shape index (κ2) is 67.9. The van der Waals surface area contributed by atoms with Gasteiger partial charge in [-0.05, 0) is 83.5 Å². The van der Waals surface area contributed by atoms with E-state index in [0.717, 1.165) is 89.9 Å². The van der Waals surface area contributed by atoms with Crippen molar-refractivity contribution in [1.82, 2.24) is 0 Å². The summed E-state index contributed by atoms with van der Waals surface area (Å²) in [5.41, 5.74) is 0. The Hall–Kier alpha value is -2.63. The third-order valence-electron chi connectivity index (χ3n) is 15.8. The van der Waals surface area contributed by atoms with Gasteiger partial charge in [0.05, 0.1) is 0 Å². The van der Waals surface area contributed by atoms with Gasteiger partial charge < -0.3 is 14.2 Å². The van der Waals surface area contributed by atoms with Crippen molar-refractivity contribution in [2.45, 2.75) is 386 Å². The van der Waals surface area contributed by atoms with Gasteiger partial charge in [-0.15, -0.1) is 0 Å². The Morgan fingerprint density at radius 3 is 0.759 bits per heavy atom. The van der Waals surface area contributed by atoms with Gasteiger partial charge in [0, 0.05) is 19.3 Å². The molecule has 0 aromatic carbocycles. The Kier molecular flexibility index (Phi) is 65.6. The summed E-state index contributed by atoms with van der Waals surface area (Å²) >= 11 is 0. The van der Waals surface area contributed by atoms with E-state index in [1.165, 1.54) is 250 Å². The lowest BCUT2D eigenvalue weighted by atomic mass is 10.0. The van der Waals surface area contributed by atoms with Crippen LogP contribution in [0.3, 0.4) is 0 Å². The van der Waals surface area contributed by atoms with Crippen molar-refractivity contribution in [3.8, 4) is 0 Å². The third kappa shape index (κ3) is 66.1. The lowest BCUT2D eigenvalue weighted by molar-refractivity contribution is -0.167. The molecule has 0 aliphatic carbocycles. The van der Waals surface area contributed by atoms with Crippen LogP contribution < -0.4 is 0 Å². The number of hydrogen-bond donors (Lipinski definition) is 0. The normalized spacial score (nSPS) is 12.3. The van der Waals surface area contributed by atoms with Crippen LogP contribution in [-0.2, 0) is 28.6 Å². The maximum atomic E-state index is 12.9. The highest BCUT2D eigenvalue weighted by Crippen LogP contribution is 2.18. The maximum absolute atomic E-state index is 12.9.